The fourth-order valence-electron chi connectivity index (χ4n) is 3.07. The molecule has 1 aliphatic carbocycles. The molecule has 0 heterocycles. The lowest BCUT2D eigenvalue weighted by Gasteiger charge is -2.28. The van der Waals surface area contributed by atoms with Crippen molar-refractivity contribution in [2.24, 2.45) is 0 Å². The van der Waals surface area contributed by atoms with Crippen LogP contribution in [0.2, 0.25) is 0 Å². The van der Waals surface area contributed by atoms with Gasteiger partial charge in [0, 0.05) is 18.5 Å². The molecule has 0 aliphatic heterocycles. The Kier molecular flexibility index (Phi) is 5.47. The van der Waals surface area contributed by atoms with Crippen LogP contribution in [0.1, 0.15) is 42.4 Å². The third kappa shape index (κ3) is 3.76. The maximum absolute atomic E-state index is 12.6. The number of rotatable bonds is 5. The Morgan fingerprint density at radius 2 is 2.00 bits per heavy atom. The van der Waals surface area contributed by atoms with Crippen molar-refractivity contribution in [1.29, 1.82) is 0 Å². The van der Waals surface area contributed by atoms with Crippen LogP contribution in [0.15, 0.2) is 18.2 Å². The fraction of sp³-hybridized carbons (Fsp3) is 0.588. The first-order chi connectivity index (χ1) is 9.61. The van der Waals surface area contributed by atoms with E-state index in [0.717, 1.165) is 18.4 Å². The molecule has 0 radical (unpaired) electrons. The maximum Gasteiger partial charge on any atom is 0.227 e. The highest BCUT2D eigenvalue weighted by Gasteiger charge is 2.26. The van der Waals surface area contributed by atoms with Crippen LogP contribution >= 0.6 is 11.6 Å². The third-order valence-electron chi connectivity index (χ3n) is 4.26. The van der Waals surface area contributed by atoms with Gasteiger partial charge in [-0.2, -0.15) is 0 Å². The van der Waals surface area contributed by atoms with E-state index < -0.39 is 0 Å². The van der Waals surface area contributed by atoms with Gasteiger partial charge in [0.25, 0.3) is 0 Å². The molecule has 0 unspecified atom stereocenters. The molecule has 0 spiro atoms. The standard InChI is InChI=1S/C17H24ClNO/c1-13-7-8-14(2)15(11-13)12-17(20)19(10-9-18)16-5-3-4-6-16/h7-8,11,16H,3-6,9-10,12H2,1-2H3. The Hall–Kier alpha value is -1.02. The van der Waals surface area contributed by atoms with Gasteiger partial charge in [-0.1, -0.05) is 36.6 Å². The van der Waals surface area contributed by atoms with Crippen molar-refractivity contribution >= 4 is 17.5 Å². The summed E-state index contributed by atoms with van der Waals surface area (Å²) in [5, 5.41) is 0. The predicted octanol–water partition coefficient (Wildman–Crippen LogP) is 3.86. The van der Waals surface area contributed by atoms with Gasteiger partial charge in [-0.15, -0.1) is 11.6 Å². The lowest BCUT2D eigenvalue weighted by atomic mass is 10.0. The van der Waals surface area contributed by atoms with E-state index in [1.54, 1.807) is 0 Å². The van der Waals surface area contributed by atoms with E-state index in [-0.39, 0.29) is 5.91 Å². The summed E-state index contributed by atoms with van der Waals surface area (Å²) < 4.78 is 0. The highest BCUT2D eigenvalue weighted by atomic mass is 35.5. The van der Waals surface area contributed by atoms with Gasteiger partial charge in [-0.25, -0.2) is 0 Å². The number of hydrogen-bond donors (Lipinski definition) is 0. The topological polar surface area (TPSA) is 20.3 Å². The van der Waals surface area contributed by atoms with E-state index in [1.807, 2.05) is 4.90 Å². The molecule has 0 N–H and O–H groups in total. The average Bonchev–Trinajstić information content (AvgIpc) is 2.93. The van der Waals surface area contributed by atoms with Gasteiger partial charge >= 0.3 is 0 Å². The zero-order valence-corrected chi connectivity index (χ0v) is 13.2. The highest BCUT2D eigenvalue weighted by Crippen LogP contribution is 2.24. The van der Waals surface area contributed by atoms with Crippen molar-refractivity contribution < 1.29 is 4.79 Å². The number of amides is 1. The van der Waals surface area contributed by atoms with Gasteiger partial charge in [-0.05, 0) is 37.8 Å². The Labute approximate surface area is 127 Å². The summed E-state index contributed by atoms with van der Waals surface area (Å²) in [6.45, 7) is 4.82. The zero-order chi connectivity index (χ0) is 14.5. The van der Waals surface area contributed by atoms with E-state index in [0.29, 0.717) is 24.9 Å². The van der Waals surface area contributed by atoms with E-state index in [1.165, 1.54) is 24.0 Å². The van der Waals surface area contributed by atoms with Crippen LogP contribution in [-0.2, 0) is 11.2 Å². The second kappa shape index (κ2) is 7.12. The van der Waals surface area contributed by atoms with Crippen molar-refractivity contribution in [2.75, 3.05) is 12.4 Å². The molecule has 1 fully saturated rings. The van der Waals surface area contributed by atoms with Crippen molar-refractivity contribution in [3.8, 4) is 0 Å². The average molecular weight is 294 g/mol. The van der Waals surface area contributed by atoms with Crippen LogP contribution < -0.4 is 0 Å². The van der Waals surface area contributed by atoms with E-state index in [4.69, 9.17) is 11.6 Å². The molecule has 0 atom stereocenters. The lowest BCUT2D eigenvalue weighted by molar-refractivity contribution is -0.132. The number of alkyl halides is 1. The van der Waals surface area contributed by atoms with Crippen LogP contribution in [-0.4, -0.2) is 29.3 Å². The molecule has 1 saturated carbocycles. The smallest absolute Gasteiger partial charge is 0.227 e. The number of nitrogens with zero attached hydrogens (tertiary/aromatic N) is 1. The van der Waals surface area contributed by atoms with Crippen molar-refractivity contribution in [3.63, 3.8) is 0 Å². The van der Waals surface area contributed by atoms with Crippen molar-refractivity contribution in [1.82, 2.24) is 4.90 Å². The number of benzene rings is 1. The van der Waals surface area contributed by atoms with E-state index >= 15 is 0 Å². The molecule has 2 nitrogen and oxygen atoms in total. The first-order valence-corrected chi connectivity index (χ1v) is 8.07. The molecule has 1 aliphatic rings. The Bertz CT molecular complexity index is 466. The van der Waals surface area contributed by atoms with Crippen LogP contribution in [0.3, 0.4) is 0 Å². The van der Waals surface area contributed by atoms with E-state index in [9.17, 15) is 4.79 Å². The number of carbonyl (C=O) groups excluding carboxylic acids is 1. The molecule has 0 bridgehead atoms. The summed E-state index contributed by atoms with van der Waals surface area (Å²) >= 11 is 5.88. The minimum absolute atomic E-state index is 0.228. The highest BCUT2D eigenvalue weighted by molar-refractivity contribution is 6.18. The van der Waals surface area contributed by atoms with Crippen LogP contribution in [0.25, 0.3) is 0 Å². The quantitative estimate of drug-likeness (QED) is 0.755. The van der Waals surface area contributed by atoms with Gasteiger partial charge in [0.2, 0.25) is 5.91 Å². The molecule has 20 heavy (non-hydrogen) atoms. The Balaban J connectivity index is 2.09. The monoisotopic (exact) mass is 293 g/mol. The zero-order valence-electron chi connectivity index (χ0n) is 12.5. The summed E-state index contributed by atoms with van der Waals surface area (Å²) in [5.74, 6) is 0.751. The Morgan fingerprint density at radius 3 is 2.65 bits per heavy atom. The molecule has 3 heteroatoms. The van der Waals surface area contributed by atoms with Gasteiger partial charge in [-0.3, -0.25) is 4.79 Å². The molecule has 2 rings (SSSR count). The molecular weight excluding hydrogens is 270 g/mol. The normalized spacial score (nSPS) is 15.6. The van der Waals surface area contributed by atoms with Gasteiger partial charge in [0.15, 0.2) is 0 Å². The Morgan fingerprint density at radius 1 is 1.30 bits per heavy atom. The number of hydrogen-bond acceptors (Lipinski definition) is 1. The second-order valence-corrected chi connectivity index (χ2v) is 6.20. The van der Waals surface area contributed by atoms with Crippen molar-refractivity contribution in [2.45, 2.75) is 52.0 Å². The minimum atomic E-state index is 0.228. The van der Waals surface area contributed by atoms with Crippen LogP contribution in [0.4, 0.5) is 0 Å². The van der Waals surface area contributed by atoms with Gasteiger partial charge in [0.1, 0.15) is 0 Å². The summed E-state index contributed by atoms with van der Waals surface area (Å²) in [6, 6.07) is 6.73. The lowest BCUT2D eigenvalue weighted by Crippen LogP contribution is -2.41. The maximum atomic E-state index is 12.6. The first-order valence-electron chi connectivity index (χ1n) is 7.53. The summed E-state index contributed by atoms with van der Waals surface area (Å²) in [5.41, 5.74) is 3.55. The molecular formula is C17H24ClNO. The summed E-state index contributed by atoms with van der Waals surface area (Å²) in [7, 11) is 0. The summed E-state index contributed by atoms with van der Waals surface area (Å²) in [4.78, 5) is 14.6. The fourth-order valence-corrected chi connectivity index (χ4v) is 3.26. The number of aryl methyl sites for hydroxylation is 2. The second-order valence-electron chi connectivity index (χ2n) is 5.82. The summed E-state index contributed by atoms with van der Waals surface area (Å²) in [6.07, 6.45) is 5.24. The van der Waals surface area contributed by atoms with E-state index in [2.05, 4.69) is 32.0 Å². The van der Waals surface area contributed by atoms with Crippen molar-refractivity contribution in [3.05, 3.63) is 34.9 Å². The minimum Gasteiger partial charge on any atom is -0.338 e. The number of carbonyl (C=O) groups is 1. The predicted molar refractivity (Wildman–Crippen MR) is 84.3 cm³/mol. The molecule has 0 aromatic heterocycles. The molecule has 110 valence electrons. The molecule has 1 aromatic rings. The molecule has 1 amide bonds. The molecule has 1 aromatic carbocycles. The SMILES string of the molecule is Cc1ccc(C)c(CC(=O)N(CCCl)C2CCCC2)c1. The largest absolute Gasteiger partial charge is 0.338 e. The van der Waals surface area contributed by atoms with Crippen LogP contribution in [0, 0.1) is 13.8 Å². The third-order valence-corrected chi connectivity index (χ3v) is 4.43. The van der Waals surface area contributed by atoms with Gasteiger partial charge < -0.3 is 4.90 Å². The van der Waals surface area contributed by atoms with Gasteiger partial charge in [0.05, 0.1) is 6.42 Å². The number of halogens is 1. The molecule has 0 saturated heterocycles. The van der Waals surface area contributed by atoms with Crippen LogP contribution in [0.5, 0.6) is 0 Å². The first kappa shape index (κ1) is 15.4.